The minimum atomic E-state index is -3.18. The van der Waals surface area contributed by atoms with Gasteiger partial charge in [-0.2, -0.15) is 0 Å². The van der Waals surface area contributed by atoms with Gasteiger partial charge in [0.2, 0.25) is 5.91 Å². The number of amides is 3. The molecule has 1 atom stereocenters. The highest BCUT2D eigenvalue weighted by molar-refractivity contribution is 7.91. The second kappa shape index (κ2) is 9.94. The molecule has 3 amide bonds. The molecule has 0 aromatic carbocycles. The molecular formula is C20H31N5O6S2. The minimum Gasteiger partial charge on any atom is -0.444 e. The fraction of sp³-hybridized carbons (Fsp3) is 0.700. The van der Waals surface area contributed by atoms with Crippen LogP contribution in [0, 0.1) is 0 Å². The molecule has 1 aromatic heterocycles. The number of likely N-dealkylation sites (N-methyl/N-ethyl adjacent to an activating group) is 1. The van der Waals surface area contributed by atoms with Gasteiger partial charge in [0.25, 0.3) is 5.91 Å². The zero-order valence-electron chi connectivity index (χ0n) is 19.3. The predicted octanol–water partition coefficient (Wildman–Crippen LogP) is 0.0111. The summed E-state index contributed by atoms with van der Waals surface area (Å²) in [6.07, 6.45) is 0.0315. The summed E-state index contributed by atoms with van der Waals surface area (Å²) in [5.41, 5.74) is 0.167. The molecule has 0 spiro atoms. The third kappa shape index (κ3) is 7.11. The van der Waals surface area contributed by atoms with Crippen molar-refractivity contribution in [2.45, 2.75) is 45.4 Å². The summed E-state index contributed by atoms with van der Waals surface area (Å²) in [5.74, 6) is -1.24. The van der Waals surface area contributed by atoms with Gasteiger partial charge in [0, 0.05) is 37.5 Å². The van der Waals surface area contributed by atoms with E-state index in [0.29, 0.717) is 6.54 Å². The van der Waals surface area contributed by atoms with Crippen molar-refractivity contribution < 1.29 is 27.5 Å². The van der Waals surface area contributed by atoms with E-state index in [1.54, 1.807) is 20.8 Å². The van der Waals surface area contributed by atoms with Gasteiger partial charge < -0.3 is 25.2 Å². The van der Waals surface area contributed by atoms with E-state index in [2.05, 4.69) is 20.5 Å². The molecule has 0 radical (unpaired) electrons. The van der Waals surface area contributed by atoms with E-state index in [9.17, 15) is 22.8 Å². The van der Waals surface area contributed by atoms with E-state index in [-0.39, 0.29) is 36.1 Å². The average Bonchev–Trinajstić information content (AvgIpc) is 3.12. The maximum absolute atomic E-state index is 13.1. The number of hydrogen-bond donors (Lipinski definition) is 2. The van der Waals surface area contributed by atoms with E-state index in [1.165, 1.54) is 16.2 Å². The number of nitrogens with zero attached hydrogens (tertiary/aromatic N) is 3. The number of ether oxygens (including phenoxy) is 1. The van der Waals surface area contributed by atoms with Gasteiger partial charge in [0.1, 0.15) is 11.6 Å². The maximum Gasteiger partial charge on any atom is 0.407 e. The number of thiazole rings is 1. The molecule has 1 fully saturated rings. The molecule has 0 saturated carbocycles. The molecule has 184 valence electrons. The quantitative estimate of drug-likeness (QED) is 0.576. The highest BCUT2D eigenvalue weighted by Crippen LogP contribution is 2.24. The third-order valence-corrected chi connectivity index (χ3v) is 7.92. The Bertz CT molecular complexity index is 1000. The van der Waals surface area contributed by atoms with Crippen LogP contribution in [0.15, 0.2) is 0 Å². The Balaban J connectivity index is 1.71. The number of nitrogens with one attached hydrogen (secondary N) is 2. The van der Waals surface area contributed by atoms with E-state index < -0.39 is 39.4 Å². The van der Waals surface area contributed by atoms with Crippen LogP contribution in [-0.2, 0) is 32.3 Å². The molecule has 2 aliphatic rings. The Morgan fingerprint density at radius 3 is 2.48 bits per heavy atom. The summed E-state index contributed by atoms with van der Waals surface area (Å²) in [7, 11) is -1.18. The van der Waals surface area contributed by atoms with E-state index >= 15 is 0 Å². The molecule has 1 aromatic rings. The Hall–Kier alpha value is -2.25. The number of sulfone groups is 1. The number of rotatable bonds is 5. The second-order valence-corrected chi connectivity index (χ2v) is 12.6. The van der Waals surface area contributed by atoms with Crippen LogP contribution in [0.1, 0.15) is 41.1 Å². The first-order valence-electron chi connectivity index (χ1n) is 10.8. The van der Waals surface area contributed by atoms with Crippen molar-refractivity contribution in [1.29, 1.82) is 0 Å². The molecule has 1 saturated heterocycles. The summed E-state index contributed by atoms with van der Waals surface area (Å²) in [6, 6.07) is -1.09. The standard InChI is InChI=1S/C20H31N5O6S2/c1-20(2,3)31-19(28)21-11-14(18(27)25-7-9-33(29,30)10-8-25)22-16(26)17-23-13-5-6-24(4)12-15(13)32-17/h14H,5-12H2,1-4H3,(H,21,28)(H,22,26). The lowest BCUT2D eigenvalue weighted by Gasteiger charge is -2.30. The molecule has 2 N–H and O–H groups in total. The first-order valence-corrected chi connectivity index (χ1v) is 13.4. The van der Waals surface area contributed by atoms with Crippen LogP contribution in [0.4, 0.5) is 4.79 Å². The Kier molecular flexibility index (Phi) is 7.64. The van der Waals surface area contributed by atoms with Crippen LogP contribution in [0.3, 0.4) is 0 Å². The van der Waals surface area contributed by atoms with Gasteiger partial charge in [0.05, 0.1) is 23.7 Å². The van der Waals surface area contributed by atoms with Crippen molar-refractivity contribution in [1.82, 2.24) is 25.4 Å². The number of hydrogen-bond acceptors (Lipinski definition) is 9. The molecular weight excluding hydrogens is 470 g/mol. The van der Waals surface area contributed by atoms with E-state index in [4.69, 9.17) is 4.74 Å². The number of fused-ring (bicyclic) bond motifs is 1. The first-order chi connectivity index (χ1) is 15.3. The highest BCUT2D eigenvalue weighted by atomic mass is 32.2. The lowest BCUT2D eigenvalue weighted by atomic mass is 10.2. The number of carbonyl (C=O) groups excluding carboxylic acids is 3. The normalized spacial score (nSPS) is 19.3. The fourth-order valence-corrected chi connectivity index (χ4v) is 5.79. The van der Waals surface area contributed by atoms with Crippen molar-refractivity contribution in [3.63, 3.8) is 0 Å². The zero-order valence-corrected chi connectivity index (χ0v) is 21.0. The molecule has 11 nitrogen and oxygen atoms in total. The Morgan fingerprint density at radius 1 is 1.18 bits per heavy atom. The topological polar surface area (TPSA) is 138 Å². The average molecular weight is 502 g/mol. The van der Waals surface area contributed by atoms with Crippen molar-refractivity contribution in [3.8, 4) is 0 Å². The SMILES string of the molecule is CN1CCc2nc(C(=O)NC(CNC(=O)OC(C)(C)C)C(=O)N3CCS(=O)(=O)CC3)sc2C1. The van der Waals surface area contributed by atoms with Gasteiger partial charge in [-0.25, -0.2) is 18.2 Å². The number of aromatic nitrogens is 1. The molecule has 0 bridgehead atoms. The fourth-order valence-electron chi connectivity index (χ4n) is 3.49. The summed E-state index contributed by atoms with van der Waals surface area (Å²) in [4.78, 5) is 47.1. The summed E-state index contributed by atoms with van der Waals surface area (Å²) in [5, 5.41) is 5.45. The Morgan fingerprint density at radius 2 is 1.85 bits per heavy atom. The zero-order chi connectivity index (χ0) is 24.4. The van der Waals surface area contributed by atoms with Gasteiger partial charge in [-0.3, -0.25) is 9.59 Å². The van der Waals surface area contributed by atoms with Crippen molar-refractivity contribution in [2.75, 3.05) is 44.7 Å². The van der Waals surface area contributed by atoms with Crippen LogP contribution in [-0.4, -0.2) is 97.5 Å². The molecule has 0 aliphatic carbocycles. The molecule has 13 heteroatoms. The van der Waals surface area contributed by atoms with Gasteiger partial charge in [-0.05, 0) is 27.8 Å². The summed E-state index contributed by atoms with van der Waals surface area (Å²) < 4.78 is 28.7. The third-order valence-electron chi connectivity index (χ3n) is 5.23. The first kappa shape index (κ1) is 25.4. The van der Waals surface area contributed by atoms with Crippen LogP contribution >= 0.6 is 11.3 Å². The van der Waals surface area contributed by atoms with Crippen LogP contribution in [0.5, 0.6) is 0 Å². The molecule has 1 unspecified atom stereocenters. The molecule has 33 heavy (non-hydrogen) atoms. The summed E-state index contributed by atoms with van der Waals surface area (Å²) in [6.45, 7) is 6.60. The lowest BCUT2D eigenvalue weighted by Crippen LogP contribution is -2.56. The van der Waals surface area contributed by atoms with E-state index in [0.717, 1.165) is 23.5 Å². The second-order valence-electron chi connectivity index (χ2n) is 9.26. The summed E-state index contributed by atoms with van der Waals surface area (Å²) >= 11 is 1.29. The van der Waals surface area contributed by atoms with E-state index in [1.807, 2.05) is 7.05 Å². The van der Waals surface area contributed by atoms with Gasteiger partial charge in [0.15, 0.2) is 14.8 Å². The minimum absolute atomic E-state index is 0.0395. The molecule has 3 rings (SSSR count). The van der Waals surface area contributed by atoms with Gasteiger partial charge >= 0.3 is 6.09 Å². The molecule has 3 heterocycles. The van der Waals surface area contributed by atoms with Crippen molar-refractivity contribution >= 4 is 39.1 Å². The van der Waals surface area contributed by atoms with Crippen molar-refractivity contribution in [3.05, 3.63) is 15.6 Å². The number of carbonyl (C=O) groups is 3. The predicted molar refractivity (Wildman–Crippen MR) is 123 cm³/mol. The smallest absolute Gasteiger partial charge is 0.407 e. The van der Waals surface area contributed by atoms with Crippen LogP contribution < -0.4 is 10.6 Å². The maximum atomic E-state index is 13.1. The largest absolute Gasteiger partial charge is 0.444 e. The van der Waals surface area contributed by atoms with Gasteiger partial charge in [-0.1, -0.05) is 0 Å². The van der Waals surface area contributed by atoms with Crippen LogP contribution in [0.25, 0.3) is 0 Å². The van der Waals surface area contributed by atoms with Gasteiger partial charge in [-0.15, -0.1) is 11.3 Å². The lowest BCUT2D eigenvalue weighted by molar-refractivity contribution is -0.132. The van der Waals surface area contributed by atoms with Crippen LogP contribution in [0.2, 0.25) is 0 Å². The monoisotopic (exact) mass is 501 g/mol. The number of alkyl carbamates (subject to hydrolysis) is 1. The highest BCUT2D eigenvalue weighted by Gasteiger charge is 2.32. The van der Waals surface area contributed by atoms with Crippen molar-refractivity contribution in [2.24, 2.45) is 0 Å². The molecule has 2 aliphatic heterocycles. The Labute approximate surface area is 197 Å².